The number of nitrogens with two attached hydrogens (primary N) is 1. The normalized spacial score (nSPS) is 10.9. The molecule has 2 heterocycles. The summed E-state index contributed by atoms with van der Waals surface area (Å²) in [7, 11) is 0. The molecule has 1 aromatic carbocycles. The number of hydrogen-bond acceptors (Lipinski definition) is 5. The zero-order valence-corrected chi connectivity index (χ0v) is 7.68. The third-order valence-electron chi connectivity index (χ3n) is 2.05. The van der Waals surface area contributed by atoms with Gasteiger partial charge in [-0.1, -0.05) is 0 Å². The van der Waals surface area contributed by atoms with Gasteiger partial charge in [0.15, 0.2) is 12.0 Å². The van der Waals surface area contributed by atoms with Gasteiger partial charge < -0.3 is 14.6 Å². The Morgan fingerprint density at radius 1 is 1.27 bits per heavy atom. The molecule has 3 rings (SSSR count). The van der Waals surface area contributed by atoms with Gasteiger partial charge in [-0.25, -0.2) is 9.97 Å². The Balaban J connectivity index is 2.22. The third kappa shape index (κ3) is 1.25. The number of rotatable bonds is 1. The van der Waals surface area contributed by atoms with E-state index < -0.39 is 0 Å². The van der Waals surface area contributed by atoms with Gasteiger partial charge in [-0.05, 0) is 18.2 Å². The van der Waals surface area contributed by atoms with Crippen LogP contribution in [0.15, 0.2) is 39.6 Å². The summed E-state index contributed by atoms with van der Waals surface area (Å²) < 4.78 is 10.5. The maximum Gasteiger partial charge on any atom is 0.265 e. The molecule has 5 heteroatoms. The Bertz CT molecular complexity index is 598. The van der Waals surface area contributed by atoms with E-state index in [1.807, 2.05) is 0 Å². The maximum absolute atomic E-state index is 5.63. The number of benzene rings is 1. The molecule has 0 aliphatic rings. The van der Waals surface area contributed by atoms with Crippen molar-refractivity contribution < 1.29 is 8.83 Å². The highest BCUT2D eigenvalue weighted by Gasteiger charge is 2.10. The minimum atomic E-state index is 0.410. The average Bonchev–Trinajstić information content (AvgIpc) is 2.84. The van der Waals surface area contributed by atoms with Gasteiger partial charge in [0.1, 0.15) is 5.52 Å². The summed E-state index contributed by atoms with van der Waals surface area (Å²) in [6.45, 7) is 0. The molecule has 5 nitrogen and oxygen atoms in total. The number of oxazole rings is 2. The second-order valence-corrected chi connectivity index (χ2v) is 3.11. The van der Waals surface area contributed by atoms with Crippen molar-refractivity contribution in [2.24, 2.45) is 0 Å². The number of nitrogen functional groups attached to an aromatic ring is 1. The van der Waals surface area contributed by atoms with Crippen LogP contribution in [0.4, 0.5) is 5.69 Å². The summed E-state index contributed by atoms with van der Waals surface area (Å²) in [6, 6.07) is 5.29. The molecule has 0 aliphatic carbocycles. The summed E-state index contributed by atoms with van der Waals surface area (Å²) in [5.41, 5.74) is 7.67. The van der Waals surface area contributed by atoms with E-state index in [0.717, 1.165) is 0 Å². The van der Waals surface area contributed by atoms with Crippen LogP contribution in [-0.2, 0) is 0 Å². The molecule has 15 heavy (non-hydrogen) atoms. The number of aromatic nitrogens is 2. The van der Waals surface area contributed by atoms with Gasteiger partial charge in [0.2, 0.25) is 5.76 Å². The third-order valence-corrected chi connectivity index (χ3v) is 2.05. The quantitative estimate of drug-likeness (QED) is 0.609. The Hall–Kier alpha value is -2.30. The molecule has 0 spiro atoms. The molecule has 0 saturated carbocycles. The van der Waals surface area contributed by atoms with Crippen LogP contribution in [-0.4, -0.2) is 9.97 Å². The predicted molar refractivity (Wildman–Crippen MR) is 53.9 cm³/mol. The van der Waals surface area contributed by atoms with Gasteiger partial charge in [-0.2, -0.15) is 0 Å². The lowest BCUT2D eigenvalue weighted by Gasteiger charge is -1.88. The molecule has 2 aromatic heterocycles. The highest BCUT2D eigenvalue weighted by Crippen LogP contribution is 2.24. The van der Waals surface area contributed by atoms with Gasteiger partial charge in [0, 0.05) is 5.69 Å². The van der Waals surface area contributed by atoms with E-state index in [9.17, 15) is 0 Å². The van der Waals surface area contributed by atoms with Crippen LogP contribution in [0.2, 0.25) is 0 Å². The fourth-order valence-corrected chi connectivity index (χ4v) is 1.37. The molecule has 0 amide bonds. The van der Waals surface area contributed by atoms with Gasteiger partial charge in [0.05, 0.1) is 6.20 Å². The first-order chi connectivity index (χ1) is 7.33. The Kier molecular flexibility index (Phi) is 1.53. The molecule has 0 fully saturated rings. The van der Waals surface area contributed by atoms with Crippen molar-refractivity contribution in [3.8, 4) is 11.7 Å². The highest BCUT2D eigenvalue weighted by atomic mass is 16.4. The summed E-state index contributed by atoms with van der Waals surface area (Å²) in [5, 5.41) is 0. The minimum absolute atomic E-state index is 0.410. The van der Waals surface area contributed by atoms with E-state index in [0.29, 0.717) is 28.4 Å². The smallest absolute Gasteiger partial charge is 0.265 e. The largest absolute Gasteiger partial charge is 0.438 e. The van der Waals surface area contributed by atoms with Crippen LogP contribution in [0.5, 0.6) is 0 Å². The summed E-state index contributed by atoms with van der Waals surface area (Å²) in [6.07, 6.45) is 2.88. The van der Waals surface area contributed by atoms with Gasteiger partial charge in [-0.3, -0.25) is 0 Å². The Morgan fingerprint density at radius 3 is 3.00 bits per heavy atom. The molecular formula is C10H7N3O2. The monoisotopic (exact) mass is 201 g/mol. The first-order valence-electron chi connectivity index (χ1n) is 4.38. The van der Waals surface area contributed by atoms with Gasteiger partial charge in [0.25, 0.3) is 5.89 Å². The predicted octanol–water partition coefficient (Wildman–Crippen LogP) is 2.06. The van der Waals surface area contributed by atoms with E-state index in [-0.39, 0.29) is 0 Å². The number of fused-ring (bicyclic) bond motifs is 1. The topological polar surface area (TPSA) is 78.1 Å². The molecule has 0 aliphatic heterocycles. The van der Waals surface area contributed by atoms with Crippen LogP contribution < -0.4 is 5.73 Å². The fourth-order valence-electron chi connectivity index (χ4n) is 1.37. The summed E-state index contributed by atoms with van der Waals surface area (Å²) in [5.74, 6) is 0.915. The van der Waals surface area contributed by atoms with E-state index >= 15 is 0 Å². The van der Waals surface area contributed by atoms with Crippen molar-refractivity contribution in [2.45, 2.75) is 0 Å². The van der Waals surface area contributed by atoms with E-state index in [1.165, 1.54) is 6.39 Å². The van der Waals surface area contributed by atoms with Crippen LogP contribution in [0.25, 0.3) is 22.8 Å². The van der Waals surface area contributed by atoms with Gasteiger partial charge >= 0.3 is 0 Å². The van der Waals surface area contributed by atoms with E-state index in [4.69, 9.17) is 14.6 Å². The number of nitrogens with zero attached hydrogens (tertiary/aromatic N) is 2. The average molecular weight is 201 g/mol. The number of hydrogen-bond donors (Lipinski definition) is 1. The molecule has 74 valence electrons. The molecule has 3 aromatic rings. The zero-order valence-electron chi connectivity index (χ0n) is 7.68. The molecule has 0 saturated heterocycles. The van der Waals surface area contributed by atoms with Crippen molar-refractivity contribution >= 4 is 16.8 Å². The fraction of sp³-hybridized carbons (Fsp3) is 0. The zero-order chi connectivity index (χ0) is 10.3. The Morgan fingerprint density at radius 2 is 2.20 bits per heavy atom. The lowest BCUT2D eigenvalue weighted by atomic mass is 10.3. The molecule has 0 radical (unpaired) electrons. The Labute approximate surface area is 84.5 Å². The van der Waals surface area contributed by atoms with Crippen molar-refractivity contribution in [3.63, 3.8) is 0 Å². The van der Waals surface area contributed by atoms with Crippen LogP contribution in [0.3, 0.4) is 0 Å². The lowest BCUT2D eigenvalue weighted by molar-refractivity contribution is 0.530. The molecular weight excluding hydrogens is 194 g/mol. The molecule has 0 atom stereocenters. The van der Waals surface area contributed by atoms with Crippen molar-refractivity contribution in [1.82, 2.24) is 9.97 Å². The highest BCUT2D eigenvalue weighted by molar-refractivity contribution is 5.78. The summed E-state index contributed by atoms with van der Waals surface area (Å²) >= 11 is 0. The first kappa shape index (κ1) is 8.05. The van der Waals surface area contributed by atoms with Crippen molar-refractivity contribution in [2.75, 3.05) is 5.73 Å². The lowest BCUT2D eigenvalue weighted by Crippen LogP contribution is -1.82. The van der Waals surface area contributed by atoms with Crippen LogP contribution in [0, 0.1) is 0 Å². The van der Waals surface area contributed by atoms with Crippen LogP contribution >= 0.6 is 0 Å². The standard InChI is InChI=1S/C10H7N3O2/c11-6-1-2-8-7(3-6)13-10(15-8)9-4-12-5-14-9/h1-5H,11H2. The maximum atomic E-state index is 5.63. The second-order valence-electron chi connectivity index (χ2n) is 3.11. The van der Waals surface area contributed by atoms with Crippen LogP contribution in [0.1, 0.15) is 0 Å². The van der Waals surface area contributed by atoms with E-state index in [1.54, 1.807) is 24.4 Å². The summed E-state index contributed by atoms with van der Waals surface area (Å²) in [4.78, 5) is 8.03. The molecule has 0 bridgehead atoms. The number of anilines is 1. The SMILES string of the molecule is Nc1ccc2oc(-c3cnco3)nc2c1. The second kappa shape index (κ2) is 2.84. The molecule has 2 N–H and O–H groups in total. The van der Waals surface area contributed by atoms with Crippen molar-refractivity contribution in [3.05, 3.63) is 30.8 Å². The van der Waals surface area contributed by atoms with E-state index in [2.05, 4.69) is 9.97 Å². The van der Waals surface area contributed by atoms with Crippen molar-refractivity contribution in [1.29, 1.82) is 0 Å². The molecule has 0 unspecified atom stereocenters. The minimum Gasteiger partial charge on any atom is -0.438 e. The first-order valence-corrected chi connectivity index (χ1v) is 4.38. The van der Waals surface area contributed by atoms with Gasteiger partial charge in [-0.15, -0.1) is 0 Å².